The predicted octanol–water partition coefficient (Wildman–Crippen LogP) is 1.40. The van der Waals surface area contributed by atoms with Gasteiger partial charge in [-0.25, -0.2) is 0 Å². The smallest absolute Gasteiger partial charge is 0.188 e. The first-order valence-electron chi connectivity index (χ1n) is 3.02. The first-order valence-corrected chi connectivity index (χ1v) is 3.84. The molecule has 1 saturated heterocycles. The van der Waals surface area contributed by atoms with Gasteiger partial charge in [-0.05, 0) is 6.42 Å². The fraction of sp³-hybridized carbons (Fsp3) is 0.833. The van der Waals surface area contributed by atoms with E-state index in [1.807, 2.05) is 6.92 Å². The Balaban J connectivity index is 2.33. The third-order valence-corrected chi connectivity index (χ3v) is 2.52. The Morgan fingerprint density at radius 1 is 1.89 bits per heavy atom. The van der Waals surface area contributed by atoms with E-state index in [2.05, 4.69) is 0 Å². The summed E-state index contributed by atoms with van der Waals surface area (Å²) in [7, 11) is 0. The van der Waals surface area contributed by atoms with Crippen LogP contribution in [0.2, 0.25) is 0 Å². The van der Waals surface area contributed by atoms with Crippen molar-refractivity contribution in [1.82, 2.24) is 0 Å². The Morgan fingerprint density at radius 2 is 2.44 bits per heavy atom. The summed E-state index contributed by atoms with van der Waals surface area (Å²) in [6, 6.07) is 0. The second-order valence-electron chi connectivity index (χ2n) is 2.15. The van der Waals surface area contributed by atoms with Crippen molar-refractivity contribution in [1.29, 1.82) is 0 Å². The van der Waals surface area contributed by atoms with Gasteiger partial charge in [0.25, 0.3) is 0 Å². The molecule has 0 aromatic heterocycles. The normalized spacial score (nSPS) is 32.2. The molecule has 0 N–H and O–H groups in total. The van der Waals surface area contributed by atoms with Crippen LogP contribution < -0.4 is 0 Å². The van der Waals surface area contributed by atoms with Crippen molar-refractivity contribution in [2.45, 2.75) is 25.2 Å². The molecule has 2 nitrogen and oxygen atoms in total. The van der Waals surface area contributed by atoms with Crippen molar-refractivity contribution >= 4 is 16.9 Å². The number of ether oxygens (including phenoxy) is 1. The molecule has 1 fully saturated rings. The van der Waals surface area contributed by atoms with Gasteiger partial charge in [-0.3, -0.25) is 4.79 Å². The van der Waals surface area contributed by atoms with Gasteiger partial charge in [-0.15, -0.1) is 0 Å². The molecule has 9 heavy (non-hydrogen) atoms. The minimum absolute atomic E-state index is 0.119. The van der Waals surface area contributed by atoms with Crippen molar-refractivity contribution in [2.75, 3.05) is 6.61 Å². The van der Waals surface area contributed by atoms with Crippen LogP contribution in [0.4, 0.5) is 0 Å². The maximum Gasteiger partial charge on any atom is 0.188 e. The number of hydrogen-bond donors (Lipinski definition) is 0. The van der Waals surface area contributed by atoms with Crippen LogP contribution in [0.1, 0.15) is 20.3 Å². The van der Waals surface area contributed by atoms with Gasteiger partial charge in [0, 0.05) is 6.92 Å². The lowest BCUT2D eigenvalue weighted by molar-refractivity contribution is -0.109. The van der Waals surface area contributed by atoms with E-state index in [-0.39, 0.29) is 10.0 Å². The fourth-order valence-electron chi connectivity index (χ4n) is 0.678. The molecule has 0 aliphatic carbocycles. The Hall–Kier alpha value is -0.0200. The Bertz CT molecular complexity index is 129. The standard InChI is InChI=1S/C6H10O2S/c1-3-6(4-8-6)9-5(2)7/h3-4H2,1-2H3. The predicted molar refractivity (Wildman–Crippen MR) is 37.2 cm³/mol. The third-order valence-electron chi connectivity index (χ3n) is 1.33. The molecule has 1 aliphatic rings. The van der Waals surface area contributed by atoms with E-state index >= 15 is 0 Å². The molecule has 52 valence electrons. The second kappa shape index (κ2) is 2.31. The lowest BCUT2D eigenvalue weighted by Crippen LogP contribution is -2.04. The third kappa shape index (κ3) is 1.69. The average Bonchev–Trinajstić information content (AvgIpc) is 2.48. The minimum atomic E-state index is -0.119. The fourth-order valence-corrected chi connectivity index (χ4v) is 1.52. The number of epoxide rings is 1. The summed E-state index contributed by atoms with van der Waals surface area (Å²) >= 11 is 1.31. The molecular weight excluding hydrogens is 136 g/mol. The molecule has 0 aromatic carbocycles. The number of rotatable bonds is 2. The first kappa shape index (κ1) is 7.09. The number of hydrogen-bond acceptors (Lipinski definition) is 3. The summed E-state index contributed by atoms with van der Waals surface area (Å²) in [5, 5.41) is 0.148. The van der Waals surface area contributed by atoms with Crippen LogP contribution in [-0.4, -0.2) is 16.7 Å². The lowest BCUT2D eigenvalue weighted by Gasteiger charge is -2.02. The van der Waals surface area contributed by atoms with E-state index in [4.69, 9.17) is 4.74 Å². The van der Waals surface area contributed by atoms with E-state index in [1.165, 1.54) is 11.8 Å². The highest BCUT2D eigenvalue weighted by atomic mass is 32.2. The van der Waals surface area contributed by atoms with Gasteiger partial charge in [-0.2, -0.15) is 0 Å². The quantitative estimate of drug-likeness (QED) is 0.551. The molecule has 0 radical (unpaired) electrons. The molecule has 0 saturated carbocycles. The van der Waals surface area contributed by atoms with E-state index in [9.17, 15) is 4.79 Å². The van der Waals surface area contributed by atoms with Crippen LogP contribution in [0.25, 0.3) is 0 Å². The summed E-state index contributed by atoms with van der Waals surface area (Å²) in [6.07, 6.45) is 0.928. The van der Waals surface area contributed by atoms with Gasteiger partial charge in [0.1, 0.15) is 4.93 Å². The van der Waals surface area contributed by atoms with Gasteiger partial charge in [0.05, 0.1) is 6.61 Å². The van der Waals surface area contributed by atoms with Crippen LogP contribution >= 0.6 is 11.8 Å². The Kier molecular flexibility index (Phi) is 1.82. The van der Waals surface area contributed by atoms with Crippen molar-refractivity contribution in [3.05, 3.63) is 0 Å². The Morgan fingerprint density at radius 3 is 2.56 bits per heavy atom. The zero-order valence-corrected chi connectivity index (χ0v) is 6.46. The topological polar surface area (TPSA) is 29.6 Å². The van der Waals surface area contributed by atoms with E-state index in [1.54, 1.807) is 6.92 Å². The van der Waals surface area contributed by atoms with Crippen molar-refractivity contribution in [3.8, 4) is 0 Å². The first-order chi connectivity index (χ1) is 4.18. The Labute approximate surface area is 59.0 Å². The van der Waals surface area contributed by atoms with Crippen molar-refractivity contribution in [2.24, 2.45) is 0 Å². The largest absolute Gasteiger partial charge is 0.358 e. The van der Waals surface area contributed by atoms with Crippen molar-refractivity contribution < 1.29 is 9.53 Å². The van der Waals surface area contributed by atoms with Crippen LogP contribution in [0.3, 0.4) is 0 Å². The van der Waals surface area contributed by atoms with Crippen LogP contribution in [-0.2, 0) is 9.53 Å². The van der Waals surface area contributed by atoms with Crippen molar-refractivity contribution in [3.63, 3.8) is 0 Å². The van der Waals surface area contributed by atoms with Gasteiger partial charge in [0.2, 0.25) is 0 Å². The molecule has 1 atom stereocenters. The maximum absolute atomic E-state index is 10.5. The SMILES string of the molecule is CCC1(SC(C)=O)CO1. The van der Waals surface area contributed by atoms with Gasteiger partial charge >= 0.3 is 0 Å². The minimum Gasteiger partial charge on any atom is -0.358 e. The molecule has 0 aromatic rings. The molecule has 0 bridgehead atoms. The van der Waals surface area contributed by atoms with Crippen LogP contribution in [0.15, 0.2) is 0 Å². The van der Waals surface area contributed by atoms with E-state index < -0.39 is 0 Å². The molecule has 1 aliphatic heterocycles. The summed E-state index contributed by atoms with van der Waals surface area (Å²) in [6.45, 7) is 4.35. The molecule has 1 rings (SSSR count). The summed E-state index contributed by atoms with van der Waals surface area (Å²) in [4.78, 5) is 10.4. The summed E-state index contributed by atoms with van der Waals surface area (Å²) < 4.78 is 5.10. The molecule has 1 unspecified atom stereocenters. The van der Waals surface area contributed by atoms with E-state index in [0.717, 1.165) is 13.0 Å². The monoisotopic (exact) mass is 146 g/mol. The maximum atomic E-state index is 10.5. The lowest BCUT2D eigenvalue weighted by atomic mass is 10.4. The highest BCUT2D eigenvalue weighted by molar-refractivity contribution is 8.14. The van der Waals surface area contributed by atoms with E-state index in [0.29, 0.717) is 0 Å². The number of carbonyl (C=O) groups excluding carboxylic acids is 1. The number of thioether (sulfide) groups is 1. The van der Waals surface area contributed by atoms with Crippen LogP contribution in [0, 0.1) is 0 Å². The zero-order valence-electron chi connectivity index (χ0n) is 5.64. The molecule has 0 amide bonds. The summed E-state index contributed by atoms with van der Waals surface area (Å²) in [5.41, 5.74) is 0. The highest BCUT2D eigenvalue weighted by Crippen LogP contribution is 2.42. The van der Waals surface area contributed by atoms with Crippen LogP contribution in [0.5, 0.6) is 0 Å². The molecular formula is C6H10O2S. The molecule has 1 heterocycles. The van der Waals surface area contributed by atoms with Gasteiger partial charge in [0.15, 0.2) is 5.12 Å². The summed E-state index contributed by atoms with van der Waals surface area (Å²) in [5.74, 6) is 0. The van der Waals surface area contributed by atoms with Gasteiger partial charge < -0.3 is 4.74 Å². The molecule has 3 heteroatoms. The highest BCUT2D eigenvalue weighted by Gasteiger charge is 2.44. The number of carbonyl (C=O) groups is 1. The zero-order chi connectivity index (χ0) is 6.91. The molecule has 0 spiro atoms. The second-order valence-corrected chi connectivity index (χ2v) is 3.67. The van der Waals surface area contributed by atoms with Gasteiger partial charge in [-0.1, -0.05) is 18.7 Å². The average molecular weight is 146 g/mol.